The number of carbonyl (C=O) groups is 1. The van der Waals surface area contributed by atoms with E-state index in [1.165, 1.54) is 18.2 Å². The fourth-order valence-corrected chi connectivity index (χ4v) is 2.23. The molecule has 0 aliphatic heterocycles. The van der Waals surface area contributed by atoms with Crippen LogP contribution in [0.2, 0.25) is 0 Å². The third-order valence-electron chi connectivity index (χ3n) is 2.41. The van der Waals surface area contributed by atoms with Gasteiger partial charge in [0.15, 0.2) is 0 Å². The maximum absolute atomic E-state index is 13.6. The van der Waals surface area contributed by atoms with E-state index in [1.54, 1.807) is 18.2 Å². The van der Waals surface area contributed by atoms with Gasteiger partial charge in [-0.1, -0.05) is 6.07 Å². The number of anilines is 1. The molecule has 2 rings (SSSR count). The monoisotopic (exact) mass is 435 g/mol. The molecule has 0 radical (unpaired) electrons. The van der Waals surface area contributed by atoms with Crippen molar-refractivity contribution < 1.29 is 14.3 Å². The van der Waals surface area contributed by atoms with E-state index in [9.17, 15) is 14.3 Å². The quantitative estimate of drug-likeness (QED) is 0.696. The molecule has 0 spiro atoms. The first-order valence-corrected chi connectivity index (χ1v) is 7.10. The topological polar surface area (TPSA) is 49.3 Å². The molecule has 0 bridgehead atoms. The SMILES string of the molecule is O=C(Nc1c(F)cccc1Br)c1ccc(I)c(O)c1. The largest absolute Gasteiger partial charge is 0.507 e. The van der Waals surface area contributed by atoms with Crippen LogP contribution in [-0.2, 0) is 0 Å². The fraction of sp³-hybridized carbons (Fsp3) is 0. The van der Waals surface area contributed by atoms with Gasteiger partial charge < -0.3 is 10.4 Å². The van der Waals surface area contributed by atoms with E-state index in [0.717, 1.165) is 0 Å². The first-order valence-electron chi connectivity index (χ1n) is 5.23. The van der Waals surface area contributed by atoms with Gasteiger partial charge in [0.05, 0.1) is 9.26 Å². The summed E-state index contributed by atoms with van der Waals surface area (Å²) in [6.45, 7) is 0. The van der Waals surface area contributed by atoms with Crippen molar-refractivity contribution in [3.8, 4) is 5.75 Å². The Morgan fingerprint density at radius 3 is 2.68 bits per heavy atom. The average molecular weight is 436 g/mol. The second-order valence-corrected chi connectivity index (χ2v) is 5.73. The van der Waals surface area contributed by atoms with Crippen LogP contribution >= 0.6 is 38.5 Å². The number of rotatable bonds is 2. The Hall–Kier alpha value is -1.15. The highest BCUT2D eigenvalue weighted by Gasteiger charge is 2.13. The zero-order chi connectivity index (χ0) is 14.0. The Bertz CT molecular complexity index is 628. The number of benzene rings is 2. The van der Waals surface area contributed by atoms with Crippen LogP contribution in [0.4, 0.5) is 10.1 Å². The summed E-state index contributed by atoms with van der Waals surface area (Å²) < 4.78 is 14.7. The van der Waals surface area contributed by atoms with Crippen LogP contribution in [-0.4, -0.2) is 11.0 Å². The molecule has 0 aliphatic rings. The van der Waals surface area contributed by atoms with Crippen molar-refractivity contribution in [3.05, 3.63) is 55.8 Å². The molecular formula is C13H8BrFINO2. The molecule has 0 saturated heterocycles. The van der Waals surface area contributed by atoms with Crippen LogP contribution in [0, 0.1) is 9.39 Å². The zero-order valence-corrected chi connectivity index (χ0v) is 13.2. The molecule has 19 heavy (non-hydrogen) atoms. The van der Waals surface area contributed by atoms with Gasteiger partial charge >= 0.3 is 0 Å². The lowest BCUT2D eigenvalue weighted by Crippen LogP contribution is -2.13. The third kappa shape index (κ3) is 3.24. The van der Waals surface area contributed by atoms with Gasteiger partial charge in [-0.25, -0.2) is 4.39 Å². The van der Waals surface area contributed by atoms with Gasteiger partial charge in [0, 0.05) is 10.0 Å². The lowest BCUT2D eigenvalue weighted by atomic mass is 10.2. The van der Waals surface area contributed by atoms with Gasteiger partial charge in [0.1, 0.15) is 11.6 Å². The Labute approximate surface area is 131 Å². The molecule has 1 amide bonds. The van der Waals surface area contributed by atoms with E-state index in [4.69, 9.17) is 0 Å². The van der Waals surface area contributed by atoms with Crippen molar-refractivity contribution in [1.29, 1.82) is 0 Å². The number of amides is 1. The number of nitrogens with one attached hydrogen (secondary N) is 1. The molecular weight excluding hydrogens is 428 g/mol. The molecule has 98 valence electrons. The molecule has 6 heteroatoms. The van der Waals surface area contributed by atoms with Crippen LogP contribution in [0.1, 0.15) is 10.4 Å². The smallest absolute Gasteiger partial charge is 0.255 e. The Balaban J connectivity index is 2.28. The van der Waals surface area contributed by atoms with E-state index < -0.39 is 11.7 Å². The molecule has 0 aliphatic carbocycles. The summed E-state index contributed by atoms with van der Waals surface area (Å²) >= 11 is 5.12. The second kappa shape index (κ2) is 5.87. The summed E-state index contributed by atoms with van der Waals surface area (Å²) in [6, 6.07) is 8.93. The predicted octanol–water partition coefficient (Wildman–Crippen LogP) is 4.15. The number of phenolic OH excluding ortho intramolecular Hbond substituents is 1. The van der Waals surface area contributed by atoms with Crippen molar-refractivity contribution >= 4 is 50.1 Å². The highest BCUT2D eigenvalue weighted by Crippen LogP contribution is 2.26. The molecule has 0 fully saturated rings. The van der Waals surface area contributed by atoms with Gasteiger partial charge in [-0.2, -0.15) is 0 Å². The number of carbonyl (C=O) groups excluding carboxylic acids is 1. The van der Waals surface area contributed by atoms with E-state index in [2.05, 4.69) is 21.2 Å². The lowest BCUT2D eigenvalue weighted by Gasteiger charge is -2.09. The molecule has 2 aromatic carbocycles. The molecule has 0 unspecified atom stereocenters. The van der Waals surface area contributed by atoms with Crippen LogP contribution in [0.25, 0.3) is 0 Å². The number of halogens is 3. The third-order valence-corrected chi connectivity index (χ3v) is 3.98. The van der Waals surface area contributed by atoms with Crippen LogP contribution in [0.3, 0.4) is 0 Å². The molecule has 0 heterocycles. The number of hydrogen-bond acceptors (Lipinski definition) is 2. The summed E-state index contributed by atoms with van der Waals surface area (Å²) in [4.78, 5) is 12.0. The second-order valence-electron chi connectivity index (χ2n) is 3.72. The average Bonchev–Trinajstić information content (AvgIpc) is 2.37. The van der Waals surface area contributed by atoms with Crippen molar-refractivity contribution in [2.75, 3.05) is 5.32 Å². The van der Waals surface area contributed by atoms with E-state index in [1.807, 2.05) is 22.6 Å². The van der Waals surface area contributed by atoms with Crippen LogP contribution in [0.15, 0.2) is 40.9 Å². The van der Waals surface area contributed by atoms with Gasteiger partial charge in [-0.15, -0.1) is 0 Å². The summed E-state index contributed by atoms with van der Waals surface area (Å²) in [5.74, 6) is -1.00. The van der Waals surface area contributed by atoms with Crippen LogP contribution < -0.4 is 5.32 Å². The predicted molar refractivity (Wildman–Crippen MR) is 82.9 cm³/mol. The summed E-state index contributed by atoms with van der Waals surface area (Å²) in [5, 5.41) is 12.0. The molecule has 2 N–H and O–H groups in total. The maximum atomic E-state index is 13.6. The van der Waals surface area contributed by atoms with E-state index in [0.29, 0.717) is 8.04 Å². The number of hydrogen-bond donors (Lipinski definition) is 2. The van der Waals surface area contributed by atoms with Crippen molar-refractivity contribution in [2.24, 2.45) is 0 Å². The minimum Gasteiger partial charge on any atom is -0.507 e. The molecule has 0 saturated carbocycles. The number of phenols is 1. The van der Waals surface area contributed by atoms with E-state index in [-0.39, 0.29) is 17.0 Å². The zero-order valence-electron chi connectivity index (χ0n) is 9.45. The van der Waals surface area contributed by atoms with Crippen LogP contribution in [0.5, 0.6) is 5.75 Å². The molecule has 0 atom stereocenters. The van der Waals surface area contributed by atoms with Gasteiger partial charge in [0.25, 0.3) is 5.91 Å². The summed E-state index contributed by atoms with van der Waals surface area (Å²) in [6.07, 6.45) is 0. The lowest BCUT2D eigenvalue weighted by molar-refractivity contribution is 0.102. The number of aromatic hydroxyl groups is 1. The molecule has 2 aromatic rings. The van der Waals surface area contributed by atoms with Crippen molar-refractivity contribution in [3.63, 3.8) is 0 Å². The standard InChI is InChI=1S/C13H8BrFINO2/c14-8-2-1-3-9(15)12(8)17-13(19)7-4-5-10(16)11(18)6-7/h1-6,18H,(H,17,19). The number of para-hydroxylation sites is 1. The highest BCUT2D eigenvalue weighted by atomic mass is 127. The fourth-order valence-electron chi connectivity index (χ4n) is 1.46. The Kier molecular flexibility index (Phi) is 4.41. The molecule has 3 nitrogen and oxygen atoms in total. The summed E-state index contributed by atoms with van der Waals surface area (Å²) in [5.41, 5.74) is 0.332. The van der Waals surface area contributed by atoms with Gasteiger partial charge in [0.2, 0.25) is 0 Å². The summed E-state index contributed by atoms with van der Waals surface area (Å²) in [7, 11) is 0. The van der Waals surface area contributed by atoms with Gasteiger partial charge in [-0.3, -0.25) is 4.79 Å². The minimum atomic E-state index is -0.530. The first kappa shape index (κ1) is 14.3. The van der Waals surface area contributed by atoms with Crippen molar-refractivity contribution in [1.82, 2.24) is 0 Å². The minimum absolute atomic E-state index is 0.0147. The molecule has 0 aromatic heterocycles. The Morgan fingerprint density at radius 1 is 1.32 bits per heavy atom. The Morgan fingerprint density at radius 2 is 2.05 bits per heavy atom. The van der Waals surface area contributed by atoms with Crippen molar-refractivity contribution in [2.45, 2.75) is 0 Å². The normalized spacial score (nSPS) is 10.3. The van der Waals surface area contributed by atoms with E-state index >= 15 is 0 Å². The highest BCUT2D eigenvalue weighted by molar-refractivity contribution is 14.1. The maximum Gasteiger partial charge on any atom is 0.255 e. The first-order chi connectivity index (χ1) is 8.99. The van der Waals surface area contributed by atoms with Gasteiger partial charge in [-0.05, 0) is 68.9 Å².